The summed E-state index contributed by atoms with van der Waals surface area (Å²) in [4.78, 5) is 12.9. The van der Waals surface area contributed by atoms with Gasteiger partial charge in [-0.2, -0.15) is 18.3 Å². The molecule has 6 nitrogen and oxygen atoms in total. The molecule has 2 aromatic heterocycles. The van der Waals surface area contributed by atoms with Crippen LogP contribution in [-0.2, 0) is 0 Å². The fourth-order valence-electron chi connectivity index (χ4n) is 3.46. The zero-order valence-electron chi connectivity index (χ0n) is 15.7. The van der Waals surface area contributed by atoms with E-state index in [-0.39, 0.29) is 17.8 Å². The highest BCUT2D eigenvalue weighted by molar-refractivity contribution is 6.07. The van der Waals surface area contributed by atoms with Crippen LogP contribution < -0.4 is 10.6 Å². The number of rotatable bonds is 3. The molecule has 1 aliphatic heterocycles. The summed E-state index contributed by atoms with van der Waals surface area (Å²) >= 11 is 0. The van der Waals surface area contributed by atoms with Gasteiger partial charge in [0.25, 0.3) is 5.91 Å². The molecule has 9 heteroatoms. The van der Waals surface area contributed by atoms with Crippen LogP contribution in [0.2, 0.25) is 0 Å². The van der Waals surface area contributed by atoms with Gasteiger partial charge in [0, 0.05) is 12.1 Å². The second-order valence-electron chi connectivity index (χ2n) is 7.13. The van der Waals surface area contributed by atoms with E-state index < -0.39 is 24.2 Å². The molecule has 0 bridgehead atoms. The summed E-state index contributed by atoms with van der Waals surface area (Å²) < 4.78 is 47.1. The van der Waals surface area contributed by atoms with E-state index in [0.717, 1.165) is 22.0 Å². The van der Waals surface area contributed by atoms with Crippen molar-refractivity contribution in [2.45, 2.75) is 38.5 Å². The number of alkyl halides is 3. The van der Waals surface area contributed by atoms with Gasteiger partial charge in [0.15, 0.2) is 6.04 Å². The lowest BCUT2D eigenvalue weighted by atomic mass is 10.0. The predicted molar refractivity (Wildman–Crippen MR) is 101 cm³/mol. The standard InChI is InChI=1S/C20H19F3N4O2/c1-11-5-6-12(2)14(8-11)26-19(28)13-10-24-27-17(20(21,22)23)9-15(25-18(13)27)16-4-3-7-29-16/h3-8,10,15,17,25H,9H2,1-2H3,(H,26,28)/t15-,17-/m1/s1. The second kappa shape index (κ2) is 6.98. The molecular formula is C20H19F3N4O2. The molecule has 2 N–H and O–H groups in total. The van der Waals surface area contributed by atoms with E-state index >= 15 is 0 Å². The average molecular weight is 404 g/mol. The van der Waals surface area contributed by atoms with Crippen molar-refractivity contribution in [1.82, 2.24) is 9.78 Å². The summed E-state index contributed by atoms with van der Waals surface area (Å²) in [6.45, 7) is 3.73. The average Bonchev–Trinajstić information content (AvgIpc) is 3.32. The fourth-order valence-corrected chi connectivity index (χ4v) is 3.46. The molecule has 0 radical (unpaired) electrons. The van der Waals surface area contributed by atoms with Gasteiger partial charge in [-0.15, -0.1) is 0 Å². The normalized spacial score (nSPS) is 18.8. The number of amides is 1. The van der Waals surface area contributed by atoms with Crippen molar-refractivity contribution in [2.24, 2.45) is 0 Å². The van der Waals surface area contributed by atoms with Gasteiger partial charge in [-0.1, -0.05) is 12.1 Å². The number of carbonyl (C=O) groups is 1. The maximum absolute atomic E-state index is 13.7. The quantitative estimate of drug-likeness (QED) is 0.644. The van der Waals surface area contributed by atoms with Crippen LogP contribution in [0.15, 0.2) is 47.2 Å². The lowest BCUT2D eigenvalue weighted by molar-refractivity contribution is -0.174. The first-order chi connectivity index (χ1) is 13.7. The van der Waals surface area contributed by atoms with Gasteiger partial charge in [0.05, 0.1) is 18.5 Å². The number of benzene rings is 1. The van der Waals surface area contributed by atoms with Crippen LogP contribution in [0.1, 0.15) is 45.7 Å². The smallest absolute Gasteiger partial charge is 0.410 e. The molecule has 4 rings (SSSR count). The lowest BCUT2D eigenvalue weighted by Gasteiger charge is -2.32. The van der Waals surface area contributed by atoms with Crippen molar-refractivity contribution in [3.8, 4) is 0 Å². The van der Waals surface area contributed by atoms with Crippen LogP contribution in [0, 0.1) is 13.8 Å². The largest absolute Gasteiger partial charge is 0.467 e. The number of hydrogen-bond acceptors (Lipinski definition) is 4. The van der Waals surface area contributed by atoms with E-state index in [1.54, 1.807) is 18.2 Å². The van der Waals surface area contributed by atoms with Gasteiger partial charge in [0.2, 0.25) is 0 Å². The van der Waals surface area contributed by atoms with E-state index in [4.69, 9.17) is 4.42 Å². The summed E-state index contributed by atoms with van der Waals surface area (Å²) in [6, 6.07) is 6.21. The minimum Gasteiger partial charge on any atom is -0.467 e. The van der Waals surface area contributed by atoms with Crippen molar-refractivity contribution < 1.29 is 22.4 Å². The molecule has 152 valence electrons. The molecule has 3 aromatic rings. The summed E-state index contributed by atoms with van der Waals surface area (Å²) in [6.07, 6.45) is -2.25. The second-order valence-corrected chi connectivity index (χ2v) is 7.13. The van der Waals surface area contributed by atoms with Crippen molar-refractivity contribution in [2.75, 3.05) is 10.6 Å². The third kappa shape index (κ3) is 3.59. The van der Waals surface area contributed by atoms with Gasteiger partial charge in [-0.05, 0) is 43.2 Å². The Labute approximate surface area is 164 Å². The number of aromatic nitrogens is 2. The van der Waals surface area contributed by atoms with Gasteiger partial charge < -0.3 is 15.1 Å². The van der Waals surface area contributed by atoms with Crippen LogP contribution >= 0.6 is 0 Å². The molecule has 29 heavy (non-hydrogen) atoms. The molecule has 1 amide bonds. The molecular weight excluding hydrogens is 385 g/mol. The van der Waals surface area contributed by atoms with Crippen LogP contribution in [0.25, 0.3) is 0 Å². The Morgan fingerprint density at radius 3 is 2.79 bits per heavy atom. The van der Waals surface area contributed by atoms with Gasteiger partial charge in [0.1, 0.15) is 17.1 Å². The molecule has 1 aromatic carbocycles. The number of halogens is 3. The highest BCUT2D eigenvalue weighted by Crippen LogP contribution is 2.44. The molecule has 3 heterocycles. The summed E-state index contributed by atoms with van der Waals surface area (Å²) in [5.41, 5.74) is 2.44. The van der Waals surface area contributed by atoms with Crippen LogP contribution in [0.5, 0.6) is 0 Å². The fraction of sp³-hybridized carbons (Fsp3) is 0.300. The zero-order chi connectivity index (χ0) is 20.8. The molecule has 0 saturated carbocycles. The van der Waals surface area contributed by atoms with E-state index in [9.17, 15) is 18.0 Å². The van der Waals surface area contributed by atoms with Gasteiger partial charge in [-0.25, -0.2) is 4.68 Å². The third-order valence-corrected chi connectivity index (χ3v) is 5.01. The van der Waals surface area contributed by atoms with E-state index in [1.165, 1.54) is 6.26 Å². The SMILES string of the molecule is Cc1ccc(C)c(NC(=O)c2cnn3c2N[C@@H](c2ccco2)C[C@@H]3C(F)(F)F)c1. The number of nitrogens with one attached hydrogen (secondary N) is 2. The Bertz CT molecular complexity index is 1040. The van der Waals surface area contributed by atoms with E-state index in [2.05, 4.69) is 15.7 Å². The Hall–Kier alpha value is -3.23. The maximum atomic E-state index is 13.7. The minimum absolute atomic E-state index is 0.0165. The third-order valence-electron chi connectivity index (χ3n) is 5.01. The number of furan rings is 1. The van der Waals surface area contributed by atoms with Crippen LogP contribution in [0.3, 0.4) is 0 Å². The topological polar surface area (TPSA) is 72.1 Å². The van der Waals surface area contributed by atoms with E-state index in [0.29, 0.717) is 11.4 Å². The van der Waals surface area contributed by atoms with Crippen molar-refractivity contribution in [3.05, 3.63) is 65.2 Å². The Morgan fingerprint density at radius 2 is 2.10 bits per heavy atom. The Morgan fingerprint density at radius 1 is 1.31 bits per heavy atom. The van der Waals surface area contributed by atoms with Crippen LogP contribution in [-0.4, -0.2) is 21.9 Å². The van der Waals surface area contributed by atoms with Crippen molar-refractivity contribution >= 4 is 17.4 Å². The number of anilines is 2. The molecule has 1 aliphatic rings. The molecule has 2 atom stereocenters. The maximum Gasteiger partial charge on any atom is 0.410 e. The first-order valence-electron chi connectivity index (χ1n) is 9.07. The minimum atomic E-state index is -4.52. The molecule has 0 saturated heterocycles. The molecule has 0 spiro atoms. The molecule has 0 fully saturated rings. The molecule has 0 unspecified atom stereocenters. The summed E-state index contributed by atoms with van der Waals surface area (Å²) in [5.74, 6) is -0.149. The zero-order valence-corrected chi connectivity index (χ0v) is 15.7. The number of fused-ring (bicyclic) bond motifs is 1. The van der Waals surface area contributed by atoms with Gasteiger partial charge >= 0.3 is 6.18 Å². The highest BCUT2D eigenvalue weighted by Gasteiger charge is 2.47. The number of hydrogen-bond donors (Lipinski definition) is 2. The van der Waals surface area contributed by atoms with Crippen molar-refractivity contribution in [3.63, 3.8) is 0 Å². The lowest BCUT2D eigenvalue weighted by Crippen LogP contribution is -2.36. The molecule has 0 aliphatic carbocycles. The number of aryl methyl sites for hydroxylation is 2. The predicted octanol–water partition coefficient (Wildman–Crippen LogP) is 5.01. The first-order valence-corrected chi connectivity index (χ1v) is 9.07. The van der Waals surface area contributed by atoms with E-state index in [1.807, 2.05) is 26.0 Å². The highest BCUT2D eigenvalue weighted by atomic mass is 19.4. The number of nitrogens with zero attached hydrogens (tertiary/aromatic N) is 2. The van der Waals surface area contributed by atoms with Gasteiger partial charge in [-0.3, -0.25) is 4.79 Å². The Kier molecular flexibility index (Phi) is 4.60. The monoisotopic (exact) mass is 404 g/mol. The van der Waals surface area contributed by atoms with Crippen molar-refractivity contribution in [1.29, 1.82) is 0 Å². The summed E-state index contributed by atoms with van der Waals surface area (Å²) in [5, 5.41) is 9.62. The number of carbonyl (C=O) groups excluding carboxylic acids is 1. The Balaban J connectivity index is 1.70. The summed E-state index contributed by atoms with van der Waals surface area (Å²) in [7, 11) is 0. The first kappa shape index (κ1) is 19.1. The van der Waals surface area contributed by atoms with Crippen LogP contribution in [0.4, 0.5) is 24.7 Å².